The molecule has 1 aliphatic heterocycles. The van der Waals surface area contributed by atoms with Gasteiger partial charge in [0.05, 0.1) is 12.2 Å². The summed E-state index contributed by atoms with van der Waals surface area (Å²) in [5.74, 6) is 0.790. The Kier molecular flexibility index (Phi) is 3.29. The van der Waals surface area contributed by atoms with E-state index >= 15 is 0 Å². The molecule has 0 bridgehead atoms. The molecule has 1 heterocycles. The van der Waals surface area contributed by atoms with Gasteiger partial charge in [0.15, 0.2) is 0 Å². The molecule has 0 saturated heterocycles. The highest BCUT2D eigenvalue weighted by molar-refractivity contribution is 6.31. The Morgan fingerprint density at radius 3 is 2.88 bits per heavy atom. The molecule has 1 amide bonds. The highest BCUT2D eigenvalue weighted by Gasteiger charge is 2.28. The molecule has 3 nitrogen and oxygen atoms in total. The maximum absolute atomic E-state index is 12.1. The third-order valence-electron chi connectivity index (χ3n) is 2.74. The normalized spacial score (nSPS) is 18.9. The first-order valence-electron chi connectivity index (χ1n) is 5.76. The Morgan fingerprint density at radius 1 is 1.53 bits per heavy atom. The van der Waals surface area contributed by atoms with Gasteiger partial charge in [-0.2, -0.15) is 0 Å². The van der Waals surface area contributed by atoms with Crippen molar-refractivity contribution in [1.82, 2.24) is 0 Å². The van der Waals surface area contributed by atoms with E-state index in [1.54, 1.807) is 17.0 Å². The van der Waals surface area contributed by atoms with Crippen LogP contribution in [0.1, 0.15) is 20.8 Å². The summed E-state index contributed by atoms with van der Waals surface area (Å²) in [6, 6.07) is 5.37. The topological polar surface area (TPSA) is 29.5 Å². The van der Waals surface area contributed by atoms with Crippen molar-refractivity contribution in [3.8, 4) is 5.75 Å². The van der Waals surface area contributed by atoms with Gasteiger partial charge in [-0.1, -0.05) is 25.4 Å². The summed E-state index contributed by atoms with van der Waals surface area (Å²) in [6.07, 6.45) is 0.00590. The number of ether oxygens (including phenoxy) is 1. The highest BCUT2D eigenvalue weighted by Crippen LogP contribution is 2.36. The van der Waals surface area contributed by atoms with E-state index in [-0.39, 0.29) is 17.9 Å². The number of carbonyl (C=O) groups is 1. The highest BCUT2D eigenvalue weighted by atomic mass is 35.5. The van der Waals surface area contributed by atoms with Crippen molar-refractivity contribution in [2.45, 2.75) is 26.9 Å². The molecule has 4 heteroatoms. The second kappa shape index (κ2) is 4.57. The van der Waals surface area contributed by atoms with Crippen LogP contribution in [0.2, 0.25) is 5.02 Å². The van der Waals surface area contributed by atoms with E-state index in [2.05, 4.69) is 0 Å². The predicted octanol–water partition coefficient (Wildman–Crippen LogP) is 3.11. The zero-order valence-electron chi connectivity index (χ0n) is 10.2. The Balaban J connectivity index is 2.42. The van der Waals surface area contributed by atoms with E-state index in [1.165, 1.54) is 0 Å². The molecule has 0 N–H and O–H groups in total. The number of rotatable bonds is 1. The van der Waals surface area contributed by atoms with Crippen molar-refractivity contribution in [1.29, 1.82) is 0 Å². The number of hydrogen-bond donors (Lipinski definition) is 0. The number of amides is 1. The summed E-state index contributed by atoms with van der Waals surface area (Å²) in [7, 11) is 0. The van der Waals surface area contributed by atoms with Crippen molar-refractivity contribution in [2.24, 2.45) is 5.92 Å². The van der Waals surface area contributed by atoms with Crippen LogP contribution in [-0.2, 0) is 4.79 Å². The SMILES string of the molecule is CC1CN(C(=O)C(C)C)c2cc(Cl)ccc2O1. The number of nitrogens with zero attached hydrogens (tertiary/aromatic N) is 1. The second-order valence-corrected chi connectivity index (χ2v) is 5.08. The minimum Gasteiger partial charge on any atom is -0.487 e. The van der Waals surface area contributed by atoms with E-state index in [0.717, 1.165) is 11.4 Å². The molecule has 1 unspecified atom stereocenters. The molecule has 92 valence electrons. The van der Waals surface area contributed by atoms with Gasteiger partial charge < -0.3 is 9.64 Å². The number of halogens is 1. The first-order valence-corrected chi connectivity index (χ1v) is 6.14. The fourth-order valence-electron chi connectivity index (χ4n) is 1.93. The summed E-state index contributed by atoms with van der Waals surface area (Å²) in [6.45, 7) is 6.32. The summed E-state index contributed by atoms with van der Waals surface area (Å²) < 4.78 is 5.69. The number of fused-ring (bicyclic) bond motifs is 1. The van der Waals surface area contributed by atoms with Crippen LogP contribution < -0.4 is 9.64 Å². The van der Waals surface area contributed by atoms with Crippen molar-refractivity contribution in [3.05, 3.63) is 23.2 Å². The molecular formula is C13H16ClNO2. The Bertz CT molecular complexity index is 445. The predicted molar refractivity (Wildman–Crippen MR) is 68.7 cm³/mol. The molecule has 1 aromatic rings. The Hall–Kier alpha value is -1.22. The summed E-state index contributed by atoms with van der Waals surface area (Å²) >= 11 is 5.97. The minimum atomic E-state index is -0.0351. The monoisotopic (exact) mass is 253 g/mol. The van der Waals surface area contributed by atoms with Crippen LogP contribution in [0.15, 0.2) is 18.2 Å². The van der Waals surface area contributed by atoms with Gasteiger partial charge in [-0.25, -0.2) is 0 Å². The molecule has 0 radical (unpaired) electrons. The van der Waals surface area contributed by atoms with Gasteiger partial charge in [0, 0.05) is 10.9 Å². The molecule has 17 heavy (non-hydrogen) atoms. The van der Waals surface area contributed by atoms with Crippen LogP contribution in [0.25, 0.3) is 0 Å². The van der Waals surface area contributed by atoms with E-state index < -0.39 is 0 Å². The molecular weight excluding hydrogens is 238 g/mol. The molecule has 0 fully saturated rings. The van der Waals surface area contributed by atoms with Gasteiger partial charge in [-0.3, -0.25) is 4.79 Å². The van der Waals surface area contributed by atoms with Crippen molar-refractivity contribution in [3.63, 3.8) is 0 Å². The minimum absolute atomic E-state index is 0.00590. The van der Waals surface area contributed by atoms with Gasteiger partial charge in [0.1, 0.15) is 11.9 Å². The smallest absolute Gasteiger partial charge is 0.229 e. The van der Waals surface area contributed by atoms with E-state index in [4.69, 9.17) is 16.3 Å². The molecule has 2 rings (SSSR count). The van der Waals surface area contributed by atoms with Crippen LogP contribution in [0.4, 0.5) is 5.69 Å². The average Bonchev–Trinajstić information content (AvgIpc) is 2.27. The number of carbonyl (C=O) groups excluding carboxylic acids is 1. The van der Waals surface area contributed by atoms with E-state index in [1.807, 2.05) is 26.8 Å². The van der Waals surface area contributed by atoms with Gasteiger partial charge >= 0.3 is 0 Å². The molecule has 0 saturated carbocycles. The van der Waals surface area contributed by atoms with Crippen LogP contribution >= 0.6 is 11.6 Å². The molecule has 0 spiro atoms. The third-order valence-corrected chi connectivity index (χ3v) is 2.97. The summed E-state index contributed by atoms with van der Waals surface area (Å²) in [4.78, 5) is 13.9. The summed E-state index contributed by atoms with van der Waals surface area (Å²) in [5, 5.41) is 0.614. The van der Waals surface area contributed by atoms with E-state index in [0.29, 0.717) is 11.6 Å². The van der Waals surface area contributed by atoms with Crippen molar-refractivity contribution in [2.75, 3.05) is 11.4 Å². The lowest BCUT2D eigenvalue weighted by Crippen LogP contribution is -2.44. The lowest BCUT2D eigenvalue weighted by atomic mass is 10.1. The number of hydrogen-bond acceptors (Lipinski definition) is 2. The molecule has 1 atom stereocenters. The van der Waals surface area contributed by atoms with Gasteiger partial charge in [-0.05, 0) is 25.1 Å². The first-order chi connectivity index (χ1) is 7.99. The van der Waals surface area contributed by atoms with E-state index in [9.17, 15) is 4.79 Å². The Labute approximate surface area is 106 Å². The lowest BCUT2D eigenvalue weighted by molar-refractivity contribution is -0.121. The largest absolute Gasteiger partial charge is 0.487 e. The standard InChI is InChI=1S/C13H16ClNO2/c1-8(2)13(16)15-7-9(3)17-12-5-4-10(14)6-11(12)15/h4-6,8-9H,7H2,1-3H3. The molecule has 0 aliphatic carbocycles. The average molecular weight is 254 g/mol. The fraction of sp³-hybridized carbons (Fsp3) is 0.462. The second-order valence-electron chi connectivity index (χ2n) is 4.64. The van der Waals surface area contributed by atoms with Crippen LogP contribution in [0.3, 0.4) is 0 Å². The lowest BCUT2D eigenvalue weighted by Gasteiger charge is -2.34. The Morgan fingerprint density at radius 2 is 2.24 bits per heavy atom. The fourth-order valence-corrected chi connectivity index (χ4v) is 2.10. The quantitative estimate of drug-likeness (QED) is 0.770. The van der Waals surface area contributed by atoms with Crippen LogP contribution in [0.5, 0.6) is 5.75 Å². The van der Waals surface area contributed by atoms with Gasteiger partial charge in [0.2, 0.25) is 5.91 Å². The third kappa shape index (κ3) is 2.39. The first kappa shape index (κ1) is 12.2. The molecule has 1 aliphatic rings. The van der Waals surface area contributed by atoms with Gasteiger partial charge in [-0.15, -0.1) is 0 Å². The van der Waals surface area contributed by atoms with Crippen molar-refractivity contribution < 1.29 is 9.53 Å². The molecule has 0 aromatic heterocycles. The molecule has 1 aromatic carbocycles. The maximum Gasteiger partial charge on any atom is 0.229 e. The van der Waals surface area contributed by atoms with Gasteiger partial charge in [0.25, 0.3) is 0 Å². The summed E-state index contributed by atoms with van der Waals surface area (Å²) in [5.41, 5.74) is 0.773. The zero-order valence-corrected chi connectivity index (χ0v) is 11.0. The maximum atomic E-state index is 12.1. The number of anilines is 1. The van der Waals surface area contributed by atoms with Crippen molar-refractivity contribution >= 4 is 23.2 Å². The number of benzene rings is 1. The van der Waals surface area contributed by atoms with Crippen LogP contribution in [-0.4, -0.2) is 18.6 Å². The van der Waals surface area contributed by atoms with Crippen LogP contribution in [0, 0.1) is 5.92 Å². The zero-order chi connectivity index (χ0) is 12.6.